The quantitative estimate of drug-likeness (QED) is 0.853. The summed E-state index contributed by atoms with van der Waals surface area (Å²) in [5.74, 6) is -1.30. The molecule has 0 aliphatic heterocycles. The molecule has 0 bridgehead atoms. The zero-order valence-electron chi connectivity index (χ0n) is 9.17. The molecule has 1 aromatic carbocycles. The number of hydrogen-bond donors (Lipinski definition) is 1. The van der Waals surface area contributed by atoms with Crippen molar-refractivity contribution in [2.24, 2.45) is 0 Å². The number of benzene rings is 1. The average molecular weight is 227 g/mol. The van der Waals surface area contributed by atoms with Gasteiger partial charge < -0.3 is 10.1 Å². The van der Waals surface area contributed by atoms with E-state index in [9.17, 15) is 8.78 Å². The Labute approximate surface area is 93.6 Å². The number of ether oxygens (including phenoxy) is 1. The number of rotatable bonds is 4. The molecule has 0 radical (unpaired) electrons. The van der Waals surface area contributed by atoms with Gasteiger partial charge in [0.15, 0.2) is 11.6 Å². The van der Waals surface area contributed by atoms with Gasteiger partial charge in [0.25, 0.3) is 0 Å². The van der Waals surface area contributed by atoms with Gasteiger partial charge in [-0.3, -0.25) is 0 Å². The highest BCUT2D eigenvalue weighted by molar-refractivity contribution is 5.24. The summed E-state index contributed by atoms with van der Waals surface area (Å²) in [5.41, 5.74) is 0. The molecule has 1 aliphatic carbocycles. The maximum absolute atomic E-state index is 12.9. The van der Waals surface area contributed by atoms with Gasteiger partial charge in [-0.2, -0.15) is 0 Å². The minimum absolute atomic E-state index is 0.119. The average Bonchev–Trinajstić information content (AvgIpc) is 2.20. The molecule has 1 saturated carbocycles. The Kier molecular flexibility index (Phi) is 3.39. The topological polar surface area (TPSA) is 21.3 Å². The van der Waals surface area contributed by atoms with Crippen LogP contribution in [0.5, 0.6) is 5.75 Å². The monoisotopic (exact) mass is 227 g/mol. The second-order valence-corrected chi connectivity index (χ2v) is 4.04. The van der Waals surface area contributed by atoms with Crippen LogP contribution >= 0.6 is 0 Å². The standard InChI is InChI=1S/C12H15F2NO/c1-2-15-8-5-10(6-8)16-9-3-4-11(13)12(14)7-9/h3-4,7-8,10,15H,2,5-6H2,1H3. The smallest absolute Gasteiger partial charge is 0.162 e. The predicted molar refractivity (Wildman–Crippen MR) is 57.5 cm³/mol. The molecule has 2 nitrogen and oxygen atoms in total. The van der Waals surface area contributed by atoms with E-state index in [2.05, 4.69) is 12.2 Å². The van der Waals surface area contributed by atoms with Gasteiger partial charge in [0, 0.05) is 12.1 Å². The van der Waals surface area contributed by atoms with E-state index in [0.29, 0.717) is 11.8 Å². The first kappa shape index (κ1) is 11.3. The molecule has 0 spiro atoms. The van der Waals surface area contributed by atoms with Crippen LogP contribution in [0.1, 0.15) is 19.8 Å². The lowest BCUT2D eigenvalue weighted by molar-refractivity contribution is 0.0855. The summed E-state index contributed by atoms with van der Waals surface area (Å²) in [6.07, 6.45) is 1.97. The van der Waals surface area contributed by atoms with Gasteiger partial charge in [0.2, 0.25) is 0 Å². The van der Waals surface area contributed by atoms with Crippen molar-refractivity contribution in [1.29, 1.82) is 0 Å². The first-order valence-corrected chi connectivity index (χ1v) is 5.54. The summed E-state index contributed by atoms with van der Waals surface area (Å²) in [7, 11) is 0. The van der Waals surface area contributed by atoms with Crippen LogP contribution in [0.15, 0.2) is 18.2 Å². The molecule has 0 unspecified atom stereocenters. The van der Waals surface area contributed by atoms with Crippen molar-refractivity contribution in [2.75, 3.05) is 6.54 Å². The van der Waals surface area contributed by atoms with Crippen molar-refractivity contribution in [3.05, 3.63) is 29.8 Å². The van der Waals surface area contributed by atoms with Gasteiger partial charge in [-0.15, -0.1) is 0 Å². The molecule has 4 heteroatoms. The van der Waals surface area contributed by atoms with E-state index >= 15 is 0 Å². The molecule has 88 valence electrons. The molecular formula is C12H15F2NO. The summed E-state index contributed by atoms with van der Waals surface area (Å²) in [6.45, 7) is 3.01. The Morgan fingerprint density at radius 2 is 2.06 bits per heavy atom. The number of nitrogens with one attached hydrogen (secondary N) is 1. The molecular weight excluding hydrogens is 212 g/mol. The lowest BCUT2D eigenvalue weighted by atomic mass is 9.89. The van der Waals surface area contributed by atoms with Crippen LogP contribution in [0.3, 0.4) is 0 Å². The van der Waals surface area contributed by atoms with Crippen molar-refractivity contribution in [3.63, 3.8) is 0 Å². The van der Waals surface area contributed by atoms with Gasteiger partial charge in [0.1, 0.15) is 11.9 Å². The van der Waals surface area contributed by atoms with Crippen LogP contribution in [0.25, 0.3) is 0 Å². The zero-order valence-corrected chi connectivity index (χ0v) is 9.17. The molecule has 0 aromatic heterocycles. The Morgan fingerprint density at radius 3 is 2.69 bits per heavy atom. The third-order valence-corrected chi connectivity index (χ3v) is 2.78. The van der Waals surface area contributed by atoms with E-state index in [1.54, 1.807) is 0 Å². The minimum Gasteiger partial charge on any atom is -0.490 e. The lowest BCUT2D eigenvalue weighted by Crippen LogP contribution is -2.46. The van der Waals surface area contributed by atoms with E-state index < -0.39 is 11.6 Å². The molecule has 1 N–H and O–H groups in total. The van der Waals surface area contributed by atoms with Gasteiger partial charge in [0.05, 0.1) is 0 Å². The van der Waals surface area contributed by atoms with Gasteiger partial charge in [-0.05, 0) is 31.5 Å². The van der Waals surface area contributed by atoms with Crippen molar-refractivity contribution in [2.45, 2.75) is 31.9 Å². The fraction of sp³-hybridized carbons (Fsp3) is 0.500. The van der Waals surface area contributed by atoms with Crippen LogP contribution in [0.2, 0.25) is 0 Å². The van der Waals surface area contributed by atoms with E-state index in [-0.39, 0.29) is 6.10 Å². The van der Waals surface area contributed by atoms with Crippen LogP contribution in [-0.2, 0) is 0 Å². The zero-order chi connectivity index (χ0) is 11.5. The van der Waals surface area contributed by atoms with Crippen molar-refractivity contribution in [1.82, 2.24) is 5.32 Å². The molecule has 1 fully saturated rings. The summed E-state index contributed by atoms with van der Waals surface area (Å²) >= 11 is 0. The highest BCUT2D eigenvalue weighted by Gasteiger charge is 2.30. The maximum atomic E-state index is 12.9. The Bertz CT molecular complexity index is 364. The maximum Gasteiger partial charge on any atom is 0.162 e. The molecule has 0 heterocycles. The fourth-order valence-electron chi connectivity index (χ4n) is 1.86. The van der Waals surface area contributed by atoms with E-state index in [1.807, 2.05) is 0 Å². The Hall–Kier alpha value is -1.16. The van der Waals surface area contributed by atoms with E-state index in [1.165, 1.54) is 6.07 Å². The summed E-state index contributed by atoms with van der Waals surface area (Å²) in [4.78, 5) is 0. The molecule has 1 aromatic rings. The van der Waals surface area contributed by atoms with Crippen molar-refractivity contribution in [3.8, 4) is 5.75 Å². The van der Waals surface area contributed by atoms with Crippen LogP contribution in [0, 0.1) is 11.6 Å². The van der Waals surface area contributed by atoms with Crippen LogP contribution < -0.4 is 10.1 Å². The van der Waals surface area contributed by atoms with Crippen molar-refractivity contribution < 1.29 is 13.5 Å². The molecule has 16 heavy (non-hydrogen) atoms. The molecule has 1 aliphatic rings. The molecule has 0 amide bonds. The summed E-state index contributed by atoms with van der Waals surface area (Å²) in [5, 5.41) is 3.30. The first-order chi connectivity index (χ1) is 7.69. The Morgan fingerprint density at radius 1 is 1.31 bits per heavy atom. The summed E-state index contributed by atoms with van der Waals surface area (Å²) in [6, 6.07) is 4.14. The third kappa shape index (κ3) is 2.50. The number of halogens is 2. The van der Waals surface area contributed by atoms with Crippen LogP contribution in [0.4, 0.5) is 8.78 Å². The van der Waals surface area contributed by atoms with Gasteiger partial charge in [-0.25, -0.2) is 8.78 Å². The third-order valence-electron chi connectivity index (χ3n) is 2.78. The fourth-order valence-corrected chi connectivity index (χ4v) is 1.86. The van der Waals surface area contributed by atoms with Crippen molar-refractivity contribution >= 4 is 0 Å². The molecule has 0 saturated heterocycles. The second kappa shape index (κ2) is 4.78. The van der Waals surface area contributed by atoms with E-state index in [4.69, 9.17) is 4.74 Å². The number of hydrogen-bond acceptors (Lipinski definition) is 2. The largest absolute Gasteiger partial charge is 0.490 e. The lowest BCUT2D eigenvalue weighted by Gasteiger charge is -2.35. The SMILES string of the molecule is CCNC1CC(Oc2ccc(F)c(F)c2)C1. The molecule has 2 rings (SSSR count). The minimum atomic E-state index is -0.861. The summed E-state index contributed by atoms with van der Waals surface area (Å²) < 4.78 is 31.1. The molecule has 0 atom stereocenters. The second-order valence-electron chi connectivity index (χ2n) is 4.04. The highest BCUT2D eigenvalue weighted by Crippen LogP contribution is 2.26. The van der Waals surface area contributed by atoms with Gasteiger partial charge >= 0.3 is 0 Å². The predicted octanol–water partition coefficient (Wildman–Crippen LogP) is 2.48. The Balaban J connectivity index is 1.84. The first-order valence-electron chi connectivity index (χ1n) is 5.54. The van der Waals surface area contributed by atoms with Crippen LogP contribution in [-0.4, -0.2) is 18.7 Å². The van der Waals surface area contributed by atoms with Gasteiger partial charge in [-0.1, -0.05) is 6.92 Å². The normalized spacial score (nSPS) is 23.9. The van der Waals surface area contributed by atoms with E-state index in [0.717, 1.165) is 31.5 Å². The highest BCUT2D eigenvalue weighted by atomic mass is 19.2.